The number of halogens is 1. The van der Waals surface area contributed by atoms with Gasteiger partial charge in [0.2, 0.25) is 0 Å². The molecule has 0 saturated heterocycles. The summed E-state index contributed by atoms with van der Waals surface area (Å²) in [5.74, 6) is 1.46. The number of Topliss-reactive ketones (excluding diaryl/α,β-unsaturated/α-hetero) is 1. The molecule has 2 rings (SSSR count). The van der Waals surface area contributed by atoms with Crippen molar-refractivity contribution >= 4 is 17.4 Å². The first-order valence-corrected chi connectivity index (χ1v) is 6.91. The van der Waals surface area contributed by atoms with Crippen LogP contribution < -0.4 is 4.74 Å². The number of carbonyl (C=O) groups is 1. The van der Waals surface area contributed by atoms with Gasteiger partial charge in [-0.05, 0) is 56.7 Å². The van der Waals surface area contributed by atoms with E-state index in [4.69, 9.17) is 16.3 Å². The first-order chi connectivity index (χ1) is 8.56. The first kappa shape index (κ1) is 13.4. The van der Waals surface area contributed by atoms with E-state index in [0.29, 0.717) is 16.3 Å². The molecule has 3 heteroatoms. The Hall–Kier alpha value is -1.02. The summed E-state index contributed by atoms with van der Waals surface area (Å²) in [7, 11) is 0. The highest BCUT2D eigenvalue weighted by Gasteiger charge is 2.21. The zero-order valence-corrected chi connectivity index (χ0v) is 11.7. The van der Waals surface area contributed by atoms with Gasteiger partial charge in [-0.3, -0.25) is 4.79 Å². The largest absolute Gasteiger partial charge is 0.490 e. The molecule has 1 aliphatic carbocycles. The lowest BCUT2D eigenvalue weighted by Gasteiger charge is -2.27. The molecule has 1 saturated carbocycles. The molecule has 1 aliphatic rings. The number of carbonyl (C=O) groups excluding carboxylic acids is 1. The Morgan fingerprint density at radius 3 is 2.56 bits per heavy atom. The molecule has 98 valence electrons. The van der Waals surface area contributed by atoms with E-state index in [2.05, 4.69) is 6.92 Å². The molecule has 0 atom stereocenters. The fraction of sp³-hybridized carbons (Fsp3) is 0.533. The van der Waals surface area contributed by atoms with E-state index in [-0.39, 0.29) is 11.9 Å². The molecule has 0 heterocycles. The van der Waals surface area contributed by atoms with Crippen LogP contribution in [0.1, 0.15) is 49.9 Å². The lowest BCUT2D eigenvalue weighted by atomic mass is 9.89. The third-order valence-corrected chi connectivity index (χ3v) is 3.81. The van der Waals surface area contributed by atoms with Crippen molar-refractivity contribution in [3.05, 3.63) is 28.8 Å². The van der Waals surface area contributed by atoms with Crippen molar-refractivity contribution in [1.82, 2.24) is 0 Å². The first-order valence-electron chi connectivity index (χ1n) is 6.53. The Morgan fingerprint density at radius 2 is 1.94 bits per heavy atom. The van der Waals surface area contributed by atoms with Crippen LogP contribution in [-0.2, 0) is 0 Å². The predicted molar refractivity (Wildman–Crippen MR) is 73.5 cm³/mol. The summed E-state index contributed by atoms with van der Waals surface area (Å²) in [6.07, 6.45) is 4.78. The maximum atomic E-state index is 11.6. The number of ketones is 1. The van der Waals surface area contributed by atoms with Crippen LogP contribution in [0.25, 0.3) is 0 Å². The fourth-order valence-electron chi connectivity index (χ4n) is 2.41. The molecule has 0 N–H and O–H groups in total. The minimum atomic E-state index is -0.00308. The number of benzene rings is 1. The molecule has 1 aromatic carbocycles. The summed E-state index contributed by atoms with van der Waals surface area (Å²) < 4.78 is 5.97. The Labute approximate surface area is 113 Å². The molecule has 1 fully saturated rings. The van der Waals surface area contributed by atoms with Crippen LogP contribution in [0.4, 0.5) is 0 Å². The van der Waals surface area contributed by atoms with Crippen molar-refractivity contribution in [2.24, 2.45) is 5.92 Å². The van der Waals surface area contributed by atoms with Crippen LogP contribution in [0.15, 0.2) is 18.2 Å². The van der Waals surface area contributed by atoms with Crippen LogP contribution in [-0.4, -0.2) is 11.9 Å². The third-order valence-electron chi connectivity index (χ3n) is 3.58. The maximum absolute atomic E-state index is 11.6. The zero-order chi connectivity index (χ0) is 13.1. The van der Waals surface area contributed by atoms with Crippen molar-refractivity contribution in [3.8, 4) is 5.75 Å². The van der Waals surface area contributed by atoms with E-state index in [1.54, 1.807) is 25.1 Å². The normalized spacial score (nSPS) is 23.7. The van der Waals surface area contributed by atoms with E-state index < -0.39 is 0 Å². The molecule has 1 aromatic rings. The van der Waals surface area contributed by atoms with E-state index in [0.717, 1.165) is 18.8 Å². The van der Waals surface area contributed by atoms with Gasteiger partial charge >= 0.3 is 0 Å². The van der Waals surface area contributed by atoms with Gasteiger partial charge in [0.05, 0.1) is 11.7 Å². The van der Waals surface area contributed by atoms with Crippen molar-refractivity contribution in [3.63, 3.8) is 0 Å². The zero-order valence-electron chi connectivity index (χ0n) is 10.9. The second kappa shape index (κ2) is 5.75. The summed E-state index contributed by atoms with van der Waals surface area (Å²) in [5.41, 5.74) is 0.584. The van der Waals surface area contributed by atoms with Crippen LogP contribution in [0.3, 0.4) is 0 Å². The standard InChI is InChI=1S/C15H19ClO2/c1-10-3-6-13(7-4-10)18-15-8-5-12(16)9-14(15)11(2)17/h5,8-10,13H,3-4,6-7H2,1-2H3. The molecule has 0 radical (unpaired) electrons. The van der Waals surface area contributed by atoms with Crippen molar-refractivity contribution < 1.29 is 9.53 Å². The van der Waals surface area contributed by atoms with Gasteiger partial charge in [-0.1, -0.05) is 18.5 Å². The highest BCUT2D eigenvalue weighted by atomic mass is 35.5. The molecule has 0 aliphatic heterocycles. The monoisotopic (exact) mass is 266 g/mol. The summed E-state index contributed by atoms with van der Waals surface area (Å²) in [6.45, 7) is 3.82. The average molecular weight is 267 g/mol. The number of hydrogen-bond donors (Lipinski definition) is 0. The Kier molecular flexibility index (Phi) is 4.28. The van der Waals surface area contributed by atoms with E-state index in [1.165, 1.54) is 12.8 Å². The molecule has 0 spiro atoms. The molecule has 0 aromatic heterocycles. The molecular weight excluding hydrogens is 248 g/mol. The number of hydrogen-bond acceptors (Lipinski definition) is 2. The second-order valence-corrected chi connectivity index (χ2v) is 5.63. The highest BCUT2D eigenvalue weighted by Crippen LogP contribution is 2.30. The molecule has 0 amide bonds. The van der Waals surface area contributed by atoms with Gasteiger partial charge < -0.3 is 4.74 Å². The van der Waals surface area contributed by atoms with Gasteiger partial charge in [0.1, 0.15) is 5.75 Å². The summed E-state index contributed by atoms with van der Waals surface area (Å²) in [5, 5.41) is 0.574. The SMILES string of the molecule is CC(=O)c1cc(Cl)ccc1OC1CCC(C)CC1. The van der Waals surface area contributed by atoms with Gasteiger partial charge in [0.15, 0.2) is 5.78 Å². The van der Waals surface area contributed by atoms with E-state index >= 15 is 0 Å². The Balaban J connectivity index is 2.11. The van der Waals surface area contributed by atoms with Crippen LogP contribution in [0.2, 0.25) is 5.02 Å². The lowest BCUT2D eigenvalue weighted by molar-refractivity contribution is 0.0996. The minimum absolute atomic E-state index is 0.00308. The van der Waals surface area contributed by atoms with Crippen molar-refractivity contribution in [2.45, 2.75) is 45.6 Å². The smallest absolute Gasteiger partial charge is 0.163 e. The maximum Gasteiger partial charge on any atom is 0.163 e. The van der Waals surface area contributed by atoms with E-state index in [9.17, 15) is 4.79 Å². The number of ether oxygens (including phenoxy) is 1. The molecule has 2 nitrogen and oxygen atoms in total. The van der Waals surface area contributed by atoms with Gasteiger partial charge in [-0.25, -0.2) is 0 Å². The van der Waals surface area contributed by atoms with Crippen LogP contribution >= 0.6 is 11.6 Å². The molecular formula is C15H19ClO2. The fourth-order valence-corrected chi connectivity index (χ4v) is 2.58. The summed E-state index contributed by atoms with van der Waals surface area (Å²) >= 11 is 5.91. The second-order valence-electron chi connectivity index (χ2n) is 5.20. The van der Waals surface area contributed by atoms with Gasteiger partial charge in [-0.2, -0.15) is 0 Å². The molecule has 0 bridgehead atoms. The minimum Gasteiger partial charge on any atom is -0.490 e. The van der Waals surface area contributed by atoms with E-state index in [1.807, 2.05) is 0 Å². The topological polar surface area (TPSA) is 26.3 Å². The Bertz CT molecular complexity index is 434. The highest BCUT2D eigenvalue weighted by molar-refractivity contribution is 6.31. The Morgan fingerprint density at radius 1 is 1.28 bits per heavy atom. The van der Waals surface area contributed by atoms with Gasteiger partial charge in [0.25, 0.3) is 0 Å². The van der Waals surface area contributed by atoms with Gasteiger partial charge in [-0.15, -0.1) is 0 Å². The summed E-state index contributed by atoms with van der Waals surface area (Å²) in [4.78, 5) is 11.6. The van der Waals surface area contributed by atoms with Crippen molar-refractivity contribution in [2.75, 3.05) is 0 Å². The van der Waals surface area contributed by atoms with Crippen LogP contribution in [0, 0.1) is 5.92 Å². The number of rotatable bonds is 3. The van der Waals surface area contributed by atoms with Crippen LogP contribution in [0.5, 0.6) is 5.75 Å². The predicted octanol–water partition coefficient (Wildman–Crippen LogP) is 4.50. The van der Waals surface area contributed by atoms with Gasteiger partial charge in [0, 0.05) is 5.02 Å². The van der Waals surface area contributed by atoms with Crippen molar-refractivity contribution in [1.29, 1.82) is 0 Å². The molecule has 18 heavy (non-hydrogen) atoms. The lowest BCUT2D eigenvalue weighted by Crippen LogP contribution is -2.23. The molecule has 0 unspecified atom stereocenters. The quantitative estimate of drug-likeness (QED) is 0.753. The summed E-state index contributed by atoms with van der Waals surface area (Å²) in [6, 6.07) is 5.26. The average Bonchev–Trinajstić information content (AvgIpc) is 2.34. The third kappa shape index (κ3) is 3.26.